The SMILES string of the molecule is O=c1[nH]c(=S)n([C@@H]2O[C@H](CO)C(O)[C@]2(F)C(F)(F)F)cc1F. The zero-order chi connectivity index (χ0) is 16.9. The van der Waals surface area contributed by atoms with Crippen LogP contribution in [0.5, 0.6) is 0 Å². The van der Waals surface area contributed by atoms with E-state index in [9.17, 15) is 31.9 Å². The lowest BCUT2D eigenvalue weighted by molar-refractivity contribution is -0.274. The maximum atomic E-state index is 14.5. The summed E-state index contributed by atoms with van der Waals surface area (Å²) < 4.78 is 71.0. The van der Waals surface area contributed by atoms with Crippen LogP contribution in [0.15, 0.2) is 11.0 Å². The highest BCUT2D eigenvalue weighted by Gasteiger charge is 2.72. The van der Waals surface area contributed by atoms with Crippen molar-refractivity contribution in [1.29, 1.82) is 0 Å². The number of hydrogen-bond donors (Lipinski definition) is 3. The van der Waals surface area contributed by atoms with Gasteiger partial charge in [-0.2, -0.15) is 17.6 Å². The molecule has 1 saturated heterocycles. The van der Waals surface area contributed by atoms with Gasteiger partial charge in [0.2, 0.25) is 5.82 Å². The second kappa shape index (κ2) is 5.37. The van der Waals surface area contributed by atoms with E-state index in [1.165, 1.54) is 0 Å². The predicted molar refractivity (Wildman–Crippen MR) is 62.7 cm³/mol. The van der Waals surface area contributed by atoms with E-state index in [0.717, 1.165) is 0 Å². The van der Waals surface area contributed by atoms with Gasteiger partial charge in [-0.15, -0.1) is 0 Å². The van der Waals surface area contributed by atoms with Crippen LogP contribution in [-0.4, -0.2) is 50.4 Å². The fourth-order valence-corrected chi connectivity index (χ4v) is 2.35. The molecule has 0 spiro atoms. The second-order valence-corrected chi connectivity index (χ2v) is 4.95. The van der Waals surface area contributed by atoms with Crippen molar-refractivity contribution in [2.24, 2.45) is 0 Å². The predicted octanol–water partition coefficient (Wildman–Crippen LogP) is 0.566. The number of aliphatic hydroxyl groups excluding tert-OH is 2. The Morgan fingerprint density at radius 2 is 2.09 bits per heavy atom. The van der Waals surface area contributed by atoms with E-state index in [1.54, 1.807) is 4.98 Å². The van der Waals surface area contributed by atoms with Crippen molar-refractivity contribution in [3.05, 3.63) is 27.1 Å². The van der Waals surface area contributed by atoms with Gasteiger partial charge in [0.05, 0.1) is 12.8 Å². The summed E-state index contributed by atoms with van der Waals surface area (Å²) in [5.41, 5.74) is -5.67. The van der Waals surface area contributed by atoms with Crippen molar-refractivity contribution in [3.8, 4) is 0 Å². The highest BCUT2D eigenvalue weighted by atomic mass is 32.1. The molecule has 22 heavy (non-hydrogen) atoms. The number of aromatic nitrogens is 2. The fourth-order valence-electron chi connectivity index (χ4n) is 2.11. The lowest BCUT2D eigenvalue weighted by Crippen LogP contribution is -2.54. The Morgan fingerprint density at radius 3 is 2.59 bits per heavy atom. The molecule has 0 amide bonds. The lowest BCUT2D eigenvalue weighted by Gasteiger charge is -2.31. The molecule has 1 aromatic rings. The summed E-state index contributed by atoms with van der Waals surface area (Å²) in [5.74, 6) is -1.52. The number of nitrogens with one attached hydrogen (secondary N) is 1. The standard InChI is InChI=1S/C10H9F5N2O4S/c11-3-1-17(8(22)16-6(3)20)7-9(12,10(13,14)15)5(19)4(2-18)21-7/h1,4-5,7,18-19H,2H2,(H,16,20,22)/t4-,5?,7-,9-/m1/s1. The number of ether oxygens (including phenoxy) is 1. The normalized spacial score (nSPS) is 32.4. The van der Waals surface area contributed by atoms with Gasteiger partial charge >= 0.3 is 6.18 Å². The number of nitrogens with zero attached hydrogens (tertiary/aromatic N) is 1. The minimum absolute atomic E-state index is 0.193. The number of alkyl halides is 4. The van der Waals surface area contributed by atoms with Gasteiger partial charge in [0.15, 0.2) is 11.0 Å². The average molecular weight is 348 g/mol. The minimum atomic E-state index is -5.61. The first-order valence-electron chi connectivity index (χ1n) is 5.75. The summed E-state index contributed by atoms with van der Waals surface area (Å²) in [4.78, 5) is 12.7. The van der Waals surface area contributed by atoms with Crippen molar-refractivity contribution in [2.75, 3.05) is 6.61 Å². The number of hydrogen-bond acceptors (Lipinski definition) is 5. The number of aromatic amines is 1. The number of rotatable bonds is 2. The monoisotopic (exact) mass is 348 g/mol. The van der Waals surface area contributed by atoms with Crippen LogP contribution in [0.4, 0.5) is 22.0 Å². The van der Waals surface area contributed by atoms with Crippen LogP contribution in [0, 0.1) is 10.6 Å². The molecule has 1 unspecified atom stereocenters. The Balaban J connectivity index is 2.65. The smallest absolute Gasteiger partial charge is 0.394 e. The molecule has 12 heteroatoms. The Morgan fingerprint density at radius 1 is 1.50 bits per heavy atom. The van der Waals surface area contributed by atoms with Crippen LogP contribution in [0.1, 0.15) is 6.23 Å². The molecule has 0 aromatic carbocycles. The summed E-state index contributed by atoms with van der Waals surface area (Å²) in [6.07, 6.45) is -12.7. The fraction of sp³-hybridized carbons (Fsp3) is 0.600. The molecule has 0 bridgehead atoms. The third-order valence-corrected chi connectivity index (χ3v) is 3.55. The zero-order valence-electron chi connectivity index (χ0n) is 10.5. The Hall–Kier alpha value is -1.37. The van der Waals surface area contributed by atoms with Crippen LogP contribution < -0.4 is 5.56 Å². The lowest BCUT2D eigenvalue weighted by atomic mass is 9.95. The Labute approximate surface area is 123 Å². The van der Waals surface area contributed by atoms with E-state index in [4.69, 9.17) is 5.11 Å². The molecular formula is C10H9F5N2O4S. The molecule has 2 rings (SSSR count). The molecule has 0 aliphatic carbocycles. The number of aliphatic hydroxyl groups is 2. The van der Waals surface area contributed by atoms with Crippen LogP contribution in [0.3, 0.4) is 0 Å². The van der Waals surface area contributed by atoms with Crippen LogP contribution in [0.25, 0.3) is 0 Å². The van der Waals surface area contributed by atoms with E-state index in [1.807, 2.05) is 0 Å². The van der Waals surface area contributed by atoms with Gasteiger partial charge in [0, 0.05) is 0 Å². The highest BCUT2D eigenvalue weighted by molar-refractivity contribution is 7.71. The van der Waals surface area contributed by atoms with Crippen LogP contribution >= 0.6 is 12.2 Å². The van der Waals surface area contributed by atoms with E-state index >= 15 is 0 Å². The van der Waals surface area contributed by atoms with E-state index < -0.39 is 53.0 Å². The molecular weight excluding hydrogens is 339 g/mol. The van der Waals surface area contributed by atoms with Crippen LogP contribution in [0.2, 0.25) is 0 Å². The third kappa shape index (κ3) is 2.35. The van der Waals surface area contributed by atoms with Gasteiger partial charge < -0.3 is 14.9 Å². The van der Waals surface area contributed by atoms with Gasteiger partial charge in [-0.05, 0) is 12.2 Å². The molecule has 1 aliphatic rings. The van der Waals surface area contributed by atoms with Gasteiger partial charge in [0.25, 0.3) is 11.2 Å². The quantitative estimate of drug-likeness (QED) is 0.537. The molecule has 6 nitrogen and oxygen atoms in total. The van der Waals surface area contributed by atoms with Gasteiger partial charge in [-0.1, -0.05) is 0 Å². The zero-order valence-corrected chi connectivity index (χ0v) is 11.3. The second-order valence-electron chi connectivity index (χ2n) is 4.56. The molecule has 1 aromatic heterocycles. The highest BCUT2D eigenvalue weighted by Crippen LogP contribution is 2.51. The maximum absolute atomic E-state index is 14.5. The van der Waals surface area contributed by atoms with E-state index in [2.05, 4.69) is 17.0 Å². The maximum Gasteiger partial charge on any atom is 0.429 e. The van der Waals surface area contributed by atoms with Gasteiger partial charge in [0.1, 0.15) is 12.2 Å². The summed E-state index contributed by atoms with van der Waals surface area (Å²) in [6.45, 7) is -1.11. The largest absolute Gasteiger partial charge is 0.429 e. The first-order valence-corrected chi connectivity index (χ1v) is 6.15. The summed E-state index contributed by atoms with van der Waals surface area (Å²) >= 11 is 4.56. The van der Waals surface area contributed by atoms with Crippen molar-refractivity contribution in [2.45, 2.75) is 30.3 Å². The molecule has 124 valence electrons. The first-order chi connectivity index (χ1) is 10.0. The minimum Gasteiger partial charge on any atom is -0.394 e. The number of halogens is 5. The molecule has 2 heterocycles. The van der Waals surface area contributed by atoms with Crippen molar-refractivity contribution in [1.82, 2.24) is 9.55 Å². The molecule has 0 saturated carbocycles. The molecule has 1 fully saturated rings. The summed E-state index contributed by atoms with van der Waals surface area (Å²) in [7, 11) is 0. The average Bonchev–Trinajstić information content (AvgIpc) is 2.67. The topological polar surface area (TPSA) is 87.5 Å². The molecule has 0 radical (unpaired) electrons. The number of H-pyrrole nitrogens is 1. The van der Waals surface area contributed by atoms with Crippen molar-refractivity contribution in [3.63, 3.8) is 0 Å². The van der Waals surface area contributed by atoms with Crippen molar-refractivity contribution >= 4 is 12.2 Å². The third-order valence-electron chi connectivity index (χ3n) is 3.24. The Bertz CT molecular complexity index is 689. The van der Waals surface area contributed by atoms with E-state index in [0.29, 0.717) is 0 Å². The van der Waals surface area contributed by atoms with Crippen LogP contribution in [-0.2, 0) is 4.74 Å². The van der Waals surface area contributed by atoms with Crippen molar-refractivity contribution < 1.29 is 36.9 Å². The molecule has 3 N–H and O–H groups in total. The van der Waals surface area contributed by atoms with E-state index in [-0.39, 0.29) is 10.8 Å². The van der Waals surface area contributed by atoms with Gasteiger partial charge in [-0.3, -0.25) is 14.3 Å². The Kier molecular flexibility index (Phi) is 4.14. The molecule has 1 aliphatic heterocycles. The summed E-state index contributed by atoms with van der Waals surface area (Å²) in [5, 5.41) is 18.4. The van der Waals surface area contributed by atoms with Gasteiger partial charge in [-0.25, -0.2) is 4.39 Å². The summed E-state index contributed by atoms with van der Waals surface area (Å²) in [6, 6.07) is 0. The molecule has 4 atom stereocenters. The first kappa shape index (κ1) is 17.0.